The zero-order valence-electron chi connectivity index (χ0n) is 11.8. The highest BCUT2D eigenvalue weighted by atomic mass is 79.9. The van der Waals surface area contributed by atoms with Crippen LogP contribution in [0.15, 0.2) is 53.0 Å². The number of nitrogens with zero attached hydrogens (tertiary/aromatic N) is 3. The largest absolute Gasteiger partial charge is 0.362 e. The van der Waals surface area contributed by atoms with Crippen molar-refractivity contribution in [1.29, 1.82) is 0 Å². The van der Waals surface area contributed by atoms with E-state index in [0.29, 0.717) is 5.95 Å². The van der Waals surface area contributed by atoms with Crippen molar-refractivity contribution in [2.45, 2.75) is 0 Å². The third-order valence-corrected chi connectivity index (χ3v) is 3.64. The molecule has 3 aromatic rings. The second kappa shape index (κ2) is 5.69. The molecule has 0 aliphatic rings. The van der Waals surface area contributed by atoms with Crippen molar-refractivity contribution in [2.24, 2.45) is 0 Å². The van der Waals surface area contributed by atoms with E-state index in [-0.39, 0.29) is 0 Å². The van der Waals surface area contributed by atoms with Crippen LogP contribution in [-0.4, -0.2) is 24.1 Å². The summed E-state index contributed by atoms with van der Waals surface area (Å²) in [4.78, 5) is 11.2. The van der Waals surface area contributed by atoms with E-state index < -0.39 is 0 Å². The van der Waals surface area contributed by atoms with E-state index in [1.165, 1.54) is 0 Å². The molecule has 0 bridgehead atoms. The lowest BCUT2D eigenvalue weighted by Crippen LogP contribution is -2.13. The first-order valence-corrected chi connectivity index (χ1v) is 7.39. The Morgan fingerprint density at radius 2 is 1.67 bits per heavy atom. The number of hydrogen-bond acceptors (Lipinski definition) is 4. The molecule has 1 N–H and O–H groups in total. The summed E-state index contributed by atoms with van der Waals surface area (Å²) in [5.74, 6) is 1.50. The molecule has 0 amide bonds. The summed E-state index contributed by atoms with van der Waals surface area (Å²) in [7, 11) is 3.97. The maximum atomic E-state index is 4.61. The molecule has 0 fully saturated rings. The Morgan fingerprint density at radius 1 is 0.952 bits per heavy atom. The lowest BCUT2D eigenvalue weighted by atomic mass is 10.2. The van der Waals surface area contributed by atoms with Crippen molar-refractivity contribution in [3.05, 3.63) is 53.0 Å². The second-order valence-electron chi connectivity index (χ2n) is 4.91. The van der Waals surface area contributed by atoms with E-state index in [2.05, 4.69) is 31.2 Å². The molecule has 5 heteroatoms. The summed E-state index contributed by atoms with van der Waals surface area (Å²) < 4.78 is 1.04. The van der Waals surface area contributed by atoms with Crippen LogP contribution in [0, 0.1) is 0 Å². The normalized spacial score (nSPS) is 10.6. The van der Waals surface area contributed by atoms with Gasteiger partial charge in [-0.1, -0.05) is 28.1 Å². The van der Waals surface area contributed by atoms with Gasteiger partial charge in [-0.25, -0.2) is 4.98 Å². The average Bonchev–Trinajstić information content (AvgIpc) is 2.48. The van der Waals surface area contributed by atoms with Gasteiger partial charge >= 0.3 is 0 Å². The fraction of sp³-hybridized carbons (Fsp3) is 0.125. The van der Waals surface area contributed by atoms with Crippen LogP contribution in [0.3, 0.4) is 0 Å². The zero-order chi connectivity index (χ0) is 14.8. The Morgan fingerprint density at radius 3 is 2.38 bits per heavy atom. The molecule has 1 heterocycles. The highest BCUT2D eigenvalue weighted by Crippen LogP contribution is 2.25. The molecule has 0 saturated heterocycles. The fourth-order valence-corrected chi connectivity index (χ4v) is 2.38. The first kappa shape index (κ1) is 13.8. The molecule has 106 valence electrons. The van der Waals surface area contributed by atoms with E-state index in [9.17, 15) is 0 Å². The summed E-state index contributed by atoms with van der Waals surface area (Å²) in [6.07, 6.45) is 0. The van der Waals surface area contributed by atoms with Gasteiger partial charge in [-0.05, 0) is 36.4 Å². The van der Waals surface area contributed by atoms with Crippen molar-refractivity contribution in [1.82, 2.24) is 9.97 Å². The Hall–Kier alpha value is -2.14. The van der Waals surface area contributed by atoms with Crippen molar-refractivity contribution < 1.29 is 0 Å². The number of nitrogens with one attached hydrogen (secondary N) is 1. The zero-order valence-corrected chi connectivity index (χ0v) is 13.4. The molecular weight excluding hydrogens is 328 g/mol. The van der Waals surface area contributed by atoms with Crippen LogP contribution in [0.25, 0.3) is 10.9 Å². The number of para-hydroxylation sites is 1. The predicted molar refractivity (Wildman–Crippen MR) is 91.3 cm³/mol. The van der Waals surface area contributed by atoms with Gasteiger partial charge in [0.15, 0.2) is 0 Å². The quantitative estimate of drug-likeness (QED) is 0.774. The fourth-order valence-electron chi connectivity index (χ4n) is 2.12. The smallest absolute Gasteiger partial charge is 0.229 e. The van der Waals surface area contributed by atoms with Crippen molar-refractivity contribution in [3.8, 4) is 0 Å². The Labute approximate surface area is 132 Å². The van der Waals surface area contributed by atoms with Gasteiger partial charge in [0.2, 0.25) is 5.95 Å². The van der Waals surface area contributed by atoms with Gasteiger partial charge in [0, 0.05) is 29.6 Å². The highest BCUT2D eigenvalue weighted by Gasteiger charge is 2.09. The van der Waals surface area contributed by atoms with Crippen LogP contribution >= 0.6 is 15.9 Å². The van der Waals surface area contributed by atoms with E-state index >= 15 is 0 Å². The topological polar surface area (TPSA) is 41.1 Å². The number of aromatic nitrogens is 2. The van der Waals surface area contributed by atoms with Gasteiger partial charge in [0.1, 0.15) is 5.82 Å². The lowest BCUT2D eigenvalue weighted by Gasteiger charge is -2.15. The van der Waals surface area contributed by atoms with Crippen LogP contribution in [0.1, 0.15) is 0 Å². The van der Waals surface area contributed by atoms with Gasteiger partial charge in [-0.15, -0.1) is 0 Å². The minimum absolute atomic E-state index is 0.597. The third-order valence-electron chi connectivity index (χ3n) is 3.11. The van der Waals surface area contributed by atoms with Crippen molar-refractivity contribution in [2.75, 3.05) is 24.3 Å². The molecule has 0 aliphatic heterocycles. The molecule has 0 spiro atoms. The monoisotopic (exact) mass is 342 g/mol. The van der Waals surface area contributed by atoms with E-state index in [1.54, 1.807) is 0 Å². The number of anilines is 3. The first-order valence-electron chi connectivity index (χ1n) is 6.60. The van der Waals surface area contributed by atoms with E-state index in [0.717, 1.165) is 26.9 Å². The summed E-state index contributed by atoms with van der Waals surface area (Å²) in [6.45, 7) is 0. The van der Waals surface area contributed by atoms with E-state index in [1.807, 2.05) is 67.5 Å². The molecule has 21 heavy (non-hydrogen) atoms. The maximum Gasteiger partial charge on any atom is 0.229 e. The number of halogens is 1. The molecule has 0 unspecified atom stereocenters. The van der Waals surface area contributed by atoms with Crippen LogP contribution in [0.4, 0.5) is 17.5 Å². The molecule has 1 aromatic heterocycles. The Bertz CT molecular complexity index is 769. The minimum atomic E-state index is 0.597. The van der Waals surface area contributed by atoms with Crippen molar-refractivity contribution in [3.63, 3.8) is 0 Å². The number of fused-ring (bicyclic) bond motifs is 1. The number of benzene rings is 2. The summed E-state index contributed by atoms with van der Waals surface area (Å²) >= 11 is 3.43. The third kappa shape index (κ3) is 2.97. The summed E-state index contributed by atoms with van der Waals surface area (Å²) in [6, 6.07) is 16.0. The van der Waals surface area contributed by atoms with Gasteiger partial charge in [-0.2, -0.15) is 4.98 Å². The van der Waals surface area contributed by atoms with Gasteiger partial charge in [-0.3, -0.25) is 0 Å². The summed E-state index contributed by atoms with van der Waals surface area (Å²) in [5, 5.41) is 4.29. The van der Waals surface area contributed by atoms with Gasteiger partial charge in [0.05, 0.1) is 5.52 Å². The molecule has 2 aromatic carbocycles. The highest BCUT2D eigenvalue weighted by molar-refractivity contribution is 9.10. The van der Waals surface area contributed by atoms with Crippen molar-refractivity contribution >= 4 is 44.3 Å². The molecule has 4 nitrogen and oxygen atoms in total. The molecule has 0 saturated carbocycles. The Balaban J connectivity index is 2.04. The van der Waals surface area contributed by atoms with Gasteiger partial charge in [0.25, 0.3) is 0 Å². The maximum absolute atomic E-state index is 4.61. The molecular formula is C16H15BrN4. The van der Waals surface area contributed by atoms with Crippen LogP contribution < -0.4 is 10.2 Å². The average molecular weight is 343 g/mol. The SMILES string of the molecule is CN(C)c1nc(Nc2ccc(Br)cc2)nc2ccccc12. The summed E-state index contributed by atoms with van der Waals surface area (Å²) in [5.41, 5.74) is 1.88. The van der Waals surface area contributed by atoms with Crippen LogP contribution in [0.2, 0.25) is 0 Å². The lowest BCUT2D eigenvalue weighted by molar-refractivity contribution is 1.06. The minimum Gasteiger partial charge on any atom is -0.362 e. The predicted octanol–water partition coefficient (Wildman–Crippen LogP) is 4.20. The molecule has 3 rings (SSSR count). The van der Waals surface area contributed by atoms with Crippen LogP contribution in [0.5, 0.6) is 0 Å². The number of rotatable bonds is 3. The standard InChI is InChI=1S/C16H15BrN4/c1-21(2)15-13-5-3-4-6-14(13)19-16(20-15)18-12-9-7-11(17)8-10-12/h3-10H,1-2H3,(H,18,19,20). The molecule has 0 aliphatic carbocycles. The molecule has 0 atom stereocenters. The van der Waals surface area contributed by atoms with Gasteiger partial charge < -0.3 is 10.2 Å². The van der Waals surface area contributed by atoms with E-state index in [4.69, 9.17) is 0 Å². The van der Waals surface area contributed by atoms with Crippen LogP contribution in [-0.2, 0) is 0 Å². The number of hydrogen-bond donors (Lipinski definition) is 1. The molecule has 0 radical (unpaired) electrons. The second-order valence-corrected chi connectivity index (χ2v) is 5.83. The Kier molecular flexibility index (Phi) is 3.75. The first-order chi connectivity index (χ1) is 10.1.